The van der Waals surface area contributed by atoms with E-state index in [-0.39, 0.29) is 0 Å². The molecule has 1 aliphatic heterocycles. The van der Waals surface area contributed by atoms with Crippen LogP contribution >= 0.6 is 0 Å². The number of nitriles is 1. The highest BCUT2D eigenvalue weighted by Crippen LogP contribution is 2.24. The molecular weight excluding hydrogens is 238 g/mol. The van der Waals surface area contributed by atoms with Crippen molar-refractivity contribution < 1.29 is 4.79 Å². The molecule has 100 valence electrons. The SMILES string of the molecule is CCC1CN(c2ccc(C=O)cc2C#N)CCN1C. The molecule has 0 bridgehead atoms. The minimum atomic E-state index is 0.519. The normalized spacial score (nSPS) is 20.1. The highest BCUT2D eigenvalue weighted by molar-refractivity contribution is 5.78. The third kappa shape index (κ3) is 2.77. The number of carbonyl (C=O) groups excluding carboxylic acids is 1. The summed E-state index contributed by atoms with van der Waals surface area (Å²) in [5.74, 6) is 0. The third-order valence-electron chi connectivity index (χ3n) is 3.87. The molecule has 4 nitrogen and oxygen atoms in total. The van der Waals surface area contributed by atoms with Gasteiger partial charge in [-0.15, -0.1) is 0 Å². The molecule has 0 aliphatic carbocycles. The molecule has 1 saturated heterocycles. The van der Waals surface area contributed by atoms with Crippen LogP contribution in [0.15, 0.2) is 18.2 Å². The Morgan fingerprint density at radius 1 is 1.47 bits per heavy atom. The van der Waals surface area contributed by atoms with Crippen molar-refractivity contribution in [1.82, 2.24) is 4.90 Å². The Morgan fingerprint density at radius 3 is 2.89 bits per heavy atom. The lowest BCUT2D eigenvalue weighted by molar-refractivity contribution is 0.112. The van der Waals surface area contributed by atoms with E-state index in [0.717, 1.165) is 38.0 Å². The monoisotopic (exact) mass is 257 g/mol. The molecule has 1 aliphatic rings. The number of rotatable bonds is 3. The molecule has 0 amide bonds. The van der Waals surface area contributed by atoms with E-state index < -0.39 is 0 Å². The first kappa shape index (κ1) is 13.6. The zero-order valence-electron chi connectivity index (χ0n) is 11.5. The van der Waals surface area contributed by atoms with Gasteiger partial charge in [0.2, 0.25) is 0 Å². The van der Waals surface area contributed by atoms with E-state index in [1.807, 2.05) is 6.07 Å². The second-order valence-corrected chi connectivity index (χ2v) is 4.99. The predicted molar refractivity (Wildman–Crippen MR) is 75.5 cm³/mol. The molecule has 0 spiro atoms. The fraction of sp³-hybridized carbons (Fsp3) is 0.467. The van der Waals surface area contributed by atoms with Crippen LogP contribution in [-0.4, -0.2) is 43.9 Å². The van der Waals surface area contributed by atoms with Gasteiger partial charge in [-0.25, -0.2) is 0 Å². The predicted octanol–water partition coefficient (Wildman–Crippen LogP) is 1.90. The number of likely N-dealkylation sites (N-methyl/N-ethyl adjacent to an activating group) is 1. The van der Waals surface area contributed by atoms with E-state index in [9.17, 15) is 10.1 Å². The van der Waals surface area contributed by atoms with Gasteiger partial charge in [0.05, 0.1) is 11.3 Å². The van der Waals surface area contributed by atoms with Crippen molar-refractivity contribution >= 4 is 12.0 Å². The largest absolute Gasteiger partial charge is 0.368 e. The molecule has 1 unspecified atom stereocenters. The van der Waals surface area contributed by atoms with Crippen LogP contribution < -0.4 is 4.90 Å². The van der Waals surface area contributed by atoms with Gasteiger partial charge in [0.1, 0.15) is 12.4 Å². The zero-order valence-corrected chi connectivity index (χ0v) is 11.5. The summed E-state index contributed by atoms with van der Waals surface area (Å²) in [5, 5.41) is 9.24. The molecule has 1 aromatic carbocycles. The smallest absolute Gasteiger partial charge is 0.150 e. The second-order valence-electron chi connectivity index (χ2n) is 4.99. The summed E-state index contributed by atoms with van der Waals surface area (Å²) >= 11 is 0. The number of hydrogen-bond acceptors (Lipinski definition) is 4. The number of benzene rings is 1. The molecule has 1 fully saturated rings. The summed E-state index contributed by atoms with van der Waals surface area (Å²) in [6.07, 6.45) is 1.88. The maximum Gasteiger partial charge on any atom is 0.150 e. The van der Waals surface area contributed by atoms with Gasteiger partial charge >= 0.3 is 0 Å². The maximum absolute atomic E-state index is 10.8. The van der Waals surface area contributed by atoms with Crippen LogP contribution in [0.5, 0.6) is 0 Å². The van der Waals surface area contributed by atoms with E-state index in [1.165, 1.54) is 0 Å². The molecule has 0 N–H and O–H groups in total. The highest BCUT2D eigenvalue weighted by atomic mass is 16.1. The number of piperazine rings is 1. The number of hydrogen-bond donors (Lipinski definition) is 0. The summed E-state index contributed by atoms with van der Waals surface area (Å²) in [7, 11) is 2.15. The second kappa shape index (κ2) is 5.85. The number of nitrogens with zero attached hydrogens (tertiary/aromatic N) is 3. The lowest BCUT2D eigenvalue weighted by atomic mass is 10.1. The van der Waals surface area contributed by atoms with E-state index in [4.69, 9.17) is 0 Å². The maximum atomic E-state index is 10.8. The summed E-state index contributed by atoms with van der Waals surface area (Å²) in [5.41, 5.74) is 2.09. The number of carbonyl (C=O) groups is 1. The number of aldehydes is 1. The molecule has 0 radical (unpaired) electrons. The first-order valence-corrected chi connectivity index (χ1v) is 6.64. The van der Waals surface area contributed by atoms with E-state index in [1.54, 1.807) is 12.1 Å². The van der Waals surface area contributed by atoms with Crippen molar-refractivity contribution in [3.63, 3.8) is 0 Å². The lowest BCUT2D eigenvalue weighted by Gasteiger charge is -2.40. The molecule has 1 atom stereocenters. The van der Waals surface area contributed by atoms with Crippen molar-refractivity contribution in [2.75, 3.05) is 31.6 Å². The molecular formula is C15H19N3O. The van der Waals surface area contributed by atoms with Gasteiger partial charge in [-0.1, -0.05) is 6.92 Å². The van der Waals surface area contributed by atoms with E-state index >= 15 is 0 Å². The minimum absolute atomic E-state index is 0.519. The fourth-order valence-electron chi connectivity index (χ4n) is 2.60. The van der Waals surface area contributed by atoms with Gasteiger partial charge in [0.25, 0.3) is 0 Å². The summed E-state index contributed by atoms with van der Waals surface area (Å²) in [6, 6.07) is 8.05. The molecule has 2 rings (SSSR count). The number of anilines is 1. The topological polar surface area (TPSA) is 47.3 Å². The van der Waals surface area contributed by atoms with Gasteiger partial charge in [0, 0.05) is 31.2 Å². The van der Waals surface area contributed by atoms with Gasteiger partial charge in [-0.2, -0.15) is 5.26 Å². The van der Waals surface area contributed by atoms with Crippen LogP contribution in [0.1, 0.15) is 29.3 Å². The van der Waals surface area contributed by atoms with Crippen molar-refractivity contribution in [2.45, 2.75) is 19.4 Å². The van der Waals surface area contributed by atoms with Crippen LogP contribution in [0, 0.1) is 11.3 Å². The Kier molecular flexibility index (Phi) is 4.18. The lowest BCUT2D eigenvalue weighted by Crippen LogP contribution is -2.51. The molecule has 1 heterocycles. The average Bonchev–Trinajstić information content (AvgIpc) is 2.47. The van der Waals surface area contributed by atoms with Gasteiger partial charge in [-0.3, -0.25) is 9.69 Å². The van der Waals surface area contributed by atoms with Crippen molar-refractivity contribution in [3.8, 4) is 6.07 Å². The third-order valence-corrected chi connectivity index (χ3v) is 3.87. The molecule has 0 aromatic heterocycles. The molecule has 19 heavy (non-hydrogen) atoms. The molecule has 0 saturated carbocycles. The summed E-state index contributed by atoms with van der Waals surface area (Å²) < 4.78 is 0. The Balaban J connectivity index is 2.27. The van der Waals surface area contributed by atoms with Gasteiger partial charge in [0.15, 0.2) is 0 Å². The quantitative estimate of drug-likeness (QED) is 0.776. The first-order valence-electron chi connectivity index (χ1n) is 6.64. The van der Waals surface area contributed by atoms with Gasteiger partial charge < -0.3 is 4.90 Å². The Bertz CT molecular complexity index is 507. The summed E-state index contributed by atoms with van der Waals surface area (Å²) in [6.45, 7) is 5.04. The highest BCUT2D eigenvalue weighted by Gasteiger charge is 2.24. The first-order chi connectivity index (χ1) is 9.19. The standard InChI is InChI=1S/C15H19N3O/c1-3-14-10-18(7-6-17(14)2)15-5-4-12(11-19)8-13(15)9-16/h4-5,8,11,14H,3,6-7,10H2,1-2H3. The van der Waals surface area contributed by atoms with Crippen molar-refractivity contribution in [1.29, 1.82) is 5.26 Å². The van der Waals surface area contributed by atoms with Crippen LogP contribution in [0.3, 0.4) is 0 Å². The Hall–Kier alpha value is -1.86. The Labute approximate surface area is 114 Å². The van der Waals surface area contributed by atoms with Crippen LogP contribution in [0.2, 0.25) is 0 Å². The van der Waals surface area contributed by atoms with Crippen LogP contribution in [0.25, 0.3) is 0 Å². The van der Waals surface area contributed by atoms with Crippen LogP contribution in [0.4, 0.5) is 5.69 Å². The van der Waals surface area contributed by atoms with E-state index in [2.05, 4.69) is 29.8 Å². The fourth-order valence-corrected chi connectivity index (χ4v) is 2.60. The molecule has 1 aromatic rings. The average molecular weight is 257 g/mol. The molecule has 4 heteroatoms. The van der Waals surface area contributed by atoms with Crippen molar-refractivity contribution in [2.24, 2.45) is 0 Å². The van der Waals surface area contributed by atoms with Crippen LogP contribution in [-0.2, 0) is 0 Å². The summed E-state index contributed by atoms with van der Waals surface area (Å²) in [4.78, 5) is 15.4. The zero-order chi connectivity index (χ0) is 13.8. The van der Waals surface area contributed by atoms with Gasteiger partial charge in [-0.05, 0) is 31.7 Å². The van der Waals surface area contributed by atoms with E-state index in [0.29, 0.717) is 17.2 Å². The minimum Gasteiger partial charge on any atom is -0.368 e. The Morgan fingerprint density at radius 2 is 2.26 bits per heavy atom. The van der Waals surface area contributed by atoms with Crippen molar-refractivity contribution in [3.05, 3.63) is 29.3 Å².